The van der Waals surface area contributed by atoms with Crippen molar-refractivity contribution in [3.8, 4) is 5.75 Å². The number of carbonyl (C=O) groups excluding carboxylic acids is 1. The molecule has 0 saturated carbocycles. The van der Waals surface area contributed by atoms with Crippen LogP contribution in [0.2, 0.25) is 0 Å². The number of hydrogen-bond acceptors (Lipinski definition) is 6. The van der Waals surface area contributed by atoms with Gasteiger partial charge >= 0.3 is 5.97 Å². The zero-order chi connectivity index (χ0) is 18.6. The van der Waals surface area contributed by atoms with E-state index in [9.17, 15) is 13.2 Å². The summed E-state index contributed by atoms with van der Waals surface area (Å²) in [4.78, 5) is 15.7. The fraction of sp³-hybridized carbons (Fsp3) is 0.375. The number of rotatable bonds is 7. The van der Waals surface area contributed by atoms with Crippen LogP contribution < -0.4 is 9.46 Å². The van der Waals surface area contributed by atoms with E-state index in [0.717, 1.165) is 0 Å². The third-order valence-corrected chi connectivity index (χ3v) is 5.12. The Bertz CT molecular complexity index is 824. The lowest BCUT2D eigenvalue weighted by Gasteiger charge is -2.18. The van der Waals surface area contributed by atoms with E-state index in [1.807, 2.05) is 0 Å². The third kappa shape index (κ3) is 4.58. The number of sulfonamides is 1. The summed E-state index contributed by atoms with van der Waals surface area (Å²) < 4.78 is 39.1. The Labute approximate surface area is 146 Å². The molecule has 1 aromatic carbocycles. The number of esters is 1. The molecule has 1 heterocycles. The number of aryl methyl sites for hydroxylation is 2. The largest absolute Gasteiger partial charge is 0.497 e. The standard InChI is InChI=1S/C16H21N3O5S/c1-11-17-15(10-19(11)2)25(21,22)18-14(9-16(20)24-4)12-5-7-13(23-3)8-6-12/h5-8,10,14,18H,9H2,1-4H3/t14-/m0/s1. The fourth-order valence-corrected chi connectivity index (χ4v) is 3.48. The van der Waals surface area contributed by atoms with Crippen molar-refractivity contribution in [3.05, 3.63) is 41.9 Å². The Balaban J connectivity index is 2.32. The maximum Gasteiger partial charge on any atom is 0.307 e. The number of ether oxygens (including phenoxy) is 2. The van der Waals surface area contributed by atoms with Crippen molar-refractivity contribution >= 4 is 16.0 Å². The van der Waals surface area contributed by atoms with Gasteiger partial charge in [-0.1, -0.05) is 12.1 Å². The lowest BCUT2D eigenvalue weighted by atomic mass is 10.0. The zero-order valence-electron chi connectivity index (χ0n) is 14.5. The van der Waals surface area contributed by atoms with Crippen LogP contribution in [0.15, 0.2) is 35.5 Å². The molecule has 25 heavy (non-hydrogen) atoms. The Morgan fingerprint density at radius 1 is 1.28 bits per heavy atom. The molecule has 0 aliphatic carbocycles. The molecule has 0 saturated heterocycles. The first-order valence-corrected chi connectivity index (χ1v) is 8.98. The SMILES string of the molecule is COC(=O)C[C@H](NS(=O)(=O)c1cn(C)c(C)n1)c1ccc(OC)cc1. The minimum Gasteiger partial charge on any atom is -0.497 e. The highest BCUT2D eigenvalue weighted by atomic mass is 32.2. The zero-order valence-corrected chi connectivity index (χ0v) is 15.3. The molecule has 0 bridgehead atoms. The molecule has 2 rings (SSSR count). The lowest BCUT2D eigenvalue weighted by molar-refractivity contribution is -0.141. The van der Waals surface area contributed by atoms with Crippen molar-refractivity contribution in [3.63, 3.8) is 0 Å². The molecule has 0 spiro atoms. The smallest absolute Gasteiger partial charge is 0.307 e. The van der Waals surface area contributed by atoms with Gasteiger partial charge in [0, 0.05) is 13.2 Å². The summed E-state index contributed by atoms with van der Waals surface area (Å²) in [6, 6.07) is 5.99. The van der Waals surface area contributed by atoms with Gasteiger partial charge in [0.1, 0.15) is 11.6 Å². The summed E-state index contributed by atoms with van der Waals surface area (Å²) in [5.41, 5.74) is 0.613. The Morgan fingerprint density at radius 2 is 1.92 bits per heavy atom. The first kappa shape index (κ1) is 18.9. The van der Waals surface area contributed by atoms with Crippen molar-refractivity contribution in [2.45, 2.75) is 24.4 Å². The number of benzene rings is 1. The first-order valence-electron chi connectivity index (χ1n) is 7.50. The number of nitrogens with zero attached hydrogens (tertiary/aromatic N) is 2. The molecule has 2 aromatic rings. The molecule has 0 fully saturated rings. The first-order chi connectivity index (χ1) is 11.8. The molecule has 1 aromatic heterocycles. The van der Waals surface area contributed by atoms with Gasteiger partial charge in [-0.3, -0.25) is 4.79 Å². The van der Waals surface area contributed by atoms with Gasteiger partial charge in [-0.15, -0.1) is 0 Å². The van der Waals surface area contributed by atoms with Gasteiger partial charge in [-0.2, -0.15) is 0 Å². The molecule has 1 atom stereocenters. The Kier molecular flexibility index (Phi) is 5.81. The molecule has 0 unspecified atom stereocenters. The summed E-state index contributed by atoms with van der Waals surface area (Å²) in [5.74, 6) is 0.666. The number of nitrogens with one attached hydrogen (secondary N) is 1. The monoisotopic (exact) mass is 367 g/mol. The van der Waals surface area contributed by atoms with Gasteiger partial charge in [-0.25, -0.2) is 18.1 Å². The highest BCUT2D eigenvalue weighted by Gasteiger charge is 2.26. The summed E-state index contributed by atoms with van der Waals surface area (Å²) >= 11 is 0. The predicted molar refractivity (Wildman–Crippen MR) is 90.6 cm³/mol. The number of carbonyl (C=O) groups is 1. The highest BCUT2D eigenvalue weighted by Crippen LogP contribution is 2.23. The van der Waals surface area contributed by atoms with E-state index >= 15 is 0 Å². The number of methoxy groups -OCH3 is 2. The number of aromatic nitrogens is 2. The quantitative estimate of drug-likeness (QED) is 0.741. The van der Waals surface area contributed by atoms with Crippen LogP contribution in [-0.4, -0.2) is 38.2 Å². The average molecular weight is 367 g/mol. The Hall–Kier alpha value is -2.39. The maximum absolute atomic E-state index is 12.6. The van der Waals surface area contributed by atoms with Crippen molar-refractivity contribution in [2.75, 3.05) is 14.2 Å². The molecule has 1 N–H and O–H groups in total. The summed E-state index contributed by atoms with van der Waals surface area (Å²) in [6.07, 6.45) is 1.27. The van der Waals surface area contributed by atoms with Crippen LogP contribution in [0.4, 0.5) is 0 Å². The predicted octanol–water partition coefficient (Wildman–Crippen LogP) is 1.32. The molecular weight excluding hydrogens is 346 g/mol. The topological polar surface area (TPSA) is 99.5 Å². The molecule has 0 amide bonds. The van der Waals surface area contributed by atoms with E-state index in [0.29, 0.717) is 17.1 Å². The highest BCUT2D eigenvalue weighted by molar-refractivity contribution is 7.89. The molecule has 136 valence electrons. The lowest BCUT2D eigenvalue weighted by Crippen LogP contribution is -2.30. The number of hydrogen-bond donors (Lipinski definition) is 1. The van der Waals surface area contributed by atoms with Crippen molar-refractivity contribution in [2.24, 2.45) is 7.05 Å². The number of imidazole rings is 1. The summed E-state index contributed by atoms with van der Waals surface area (Å²) in [5, 5.41) is -0.101. The van der Waals surface area contributed by atoms with Crippen molar-refractivity contribution in [1.29, 1.82) is 0 Å². The van der Waals surface area contributed by atoms with Crippen LogP contribution in [0.1, 0.15) is 23.9 Å². The molecule has 9 heteroatoms. The average Bonchev–Trinajstić information content (AvgIpc) is 2.94. The van der Waals surface area contributed by atoms with Gasteiger partial charge in [0.15, 0.2) is 5.03 Å². The van der Waals surface area contributed by atoms with E-state index in [1.54, 1.807) is 42.8 Å². The molecular formula is C16H21N3O5S. The summed E-state index contributed by atoms with van der Waals surface area (Å²) in [6.45, 7) is 1.70. The van der Waals surface area contributed by atoms with Gasteiger partial charge < -0.3 is 14.0 Å². The van der Waals surface area contributed by atoms with Gasteiger partial charge in [0.05, 0.1) is 26.7 Å². The van der Waals surface area contributed by atoms with Gasteiger partial charge in [0.25, 0.3) is 10.0 Å². The van der Waals surface area contributed by atoms with Crippen LogP contribution in [0.25, 0.3) is 0 Å². The van der Waals surface area contributed by atoms with Crippen LogP contribution in [-0.2, 0) is 26.6 Å². The summed E-state index contributed by atoms with van der Waals surface area (Å²) in [7, 11) is 0.594. The van der Waals surface area contributed by atoms with E-state index in [4.69, 9.17) is 4.74 Å². The van der Waals surface area contributed by atoms with E-state index in [2.05, 4.69) is 14.4 Å². The van der Waals surface area contributed by atoms with Crippen molar-refractivity contribution in [1.82, 2.24) is 14.3 Å². The second-order valence-electron chi connectivity index (χ2n) is 5.46. The molecule has 0 aliphatic rings. The maximum atomic E-state index is 12.6. The Morgan fingerprint density at radius 3 is 2.40 bits per heavy atom. The van der Waals surface area contributed by atoms with Gasteiger partial charge in [-0.05, 0) is 24.6 Å². The van der Waals surface area contributed by atoms with Crippen LogP contribution in [0.3, 0.4) is 0 Å². The molecule has 0 radical (unpaired) electrons. The van der Waals surface area contributed by atoms with E-state index in [-0.39, 0.29) is 11.4 Å². The van der Waals surface area contributed by atoms with Crippen LogP contribution >= 0.6 is 0 Å². The molecule has 0 aliphatic heterocycles. The van der Waals surface area contributed by atoms with Crippen molar-refractivity contribution < 1.29 is 22.7 Å². The fourth-order valence-electron chi connectivity index (χ4n) is 2.22. The van der Waals surface area contributed by atoms with E-state index in [1.165, 1.54) is 20.4 Å². The molecule has 8 nitrogen and oxygen atoms in total. The van der Waals surface area contributed by atoms with Gasteiger partial charge in [0.2, 0.25) is 0 Å². The van der Waals surface area contributed by atoms with Crippen LogP contribution in [0, 0.1) is 6.92 Å². The van der Waals surface area contributed by atoms with Crippen LogP contribution in [0.5, 0.6) is 5.75 Å². The second-order valence-corrected chi connectivity index (χ2v) is 7.13. The minimum atomic E-state index is -3.90. The second kappa shape index (κ2) is 7.66. The minimum absolute atomic E-state index is 0.101. The van der Waals surface area contributed by atoms with E-state index < -0.39 is 22.0 Å². The normalized spacial score (nSPS) is 12.6. The third-order valence-electron chi connectivity index (χ3n) is 3.78.